The van der Waals surface area contributed by atoms with Gasteiger partial charge in [-0.05, 0) is 18.9 Å². The molecule has 0 amide bonds. The van der Waals surface area contributed by atoms with Crippen molar-refractivity contribution in [3.63, 3.8) is 0 Å². The Morgan fingerprint density at radius 2 is 1.43 bits per heavy atom. The molecule has 0 spiro atoms. The van der Waals surface area contributed by atoms with Crippen LogP contribution in [0.2, 0.25) is 0 Å². The third-order valence-corrected chi connectivity index (χ3v) is 5.77. The number of rotatable bonds is 18. The van der Waals surface area contributed by atoms with Gasteiger partial charge in [-0.15, -0.1) is 0 Å². The third kappa shape index (κ3) is 13.0. The molecule has 1 aliphatic rings. The maximum Gasteiger partial charge on any atom is 0.247 e. The van der Waals surface area contributed by atoms with Crippen LogP contribution in [0.5, 0.6) is 0 Å². The van der Waals surface area contributed by atoms with Crippen molar-refractivity contribution in [1.29, 1.82) is 0 Å². The summed E-state index contributed by atoms with van der Waals surface area (Å²) < 4.78 is 2.47. The first-order valence-electron chi connectivity index (χ1n) is 11.9. The number of aliphatic hydroxyl groups is 1. The fourth-order valence-corrected chi connectivity index (χ4v) is 4.13. The second-order valence-corrected chi connectivity index (χ2v) is 8.08. The van der Waals surface area contributed by atoms with Crippen LogP contribution in [0.15, 0.2) is 12.2 Å². The van der Waals surface area contributed by atoms with Gasteiger partial charge in [0.05, 0.1) is 6.61 Å². The van der Waals surface area contributed by atoms with E-state index in [1.807, 2.05) is 0 Å². The van der Waals surface area contributed by atoms with E-state index in [1.54, 1.807) is 0 Å². The average molecular weight is 460 g/mol. The Balaban J connectivity index is 0.00000729. The van der Waals surface area contributed by atoms with E-state index >= 15 is 0 Å². The van der Waals surface area contributed by atoms with E-state index in [-0.39, 0.29) is 23.6 Å². The van der Waals surface area contributed by atoms with Gasteiger partial charge >= 0.3 is 0 Å². The van der Waals surface area contributed by atoms with Gasteiger partial charge in [0.15, 0.2) is 0 Å². The lowest BCUT2D eigenvalue weighted by Crippen LogP contribution is -3.00. The molecule has 0 bridgehead atoms. The van der Waals surface area contributed by atoms with Gasteiger partial charge in [0.2, 0.25) is 5.84 Å². The maximum absolute atomic E-state index is 9.16. The molecule has 4 heteroatoms. The normalized spacial score (nSPS) is 14.3. The van der Waals surface area contributed by atoms with Crippen LogP contribution < -0.4 is 17.0 Å². The van der Waals surface area contributed by atoms with E-state index in [0.717, 1.165) is 32.6 Å². The number of hydrogen-bond acceptors (Lipinski definition) is 2. The number of unbranched alkanes of at least 4 members (excludes halogenated alkanes) is 12. The van der Waals surface area contributed by atoms with Crippen LogP contribution in [-0.4, -0.2) is 53.2 Å². The SMILES string of the molecule is CCCCCCCCCCCCCCC=CC[N+]1=C(CC)N(CCO)CC1.[Br-]. The summed E-state index contributed by atoms with van der Waals surface area (Å²) in [5.74, 6) is 1.40. The molecule has 28 heavy (non-hydrogen) atoms. The summed E-state index contributed by atoms with van der Waals surface area (Å²) >= 11 is 0. The van der Waals surface area contributed by atoms with Crippen LogP contribution in [0.1, 0.15) is 104 Å². The van der Waals surface area contributed by atoms with E-state index in [9.17, 15) is 0 Å². The molecule has 1 aliphatic heterocycles. The quantitative estimate of drug-likeness (QED) is 0.194. The summed E-state index contributed by atoms with van der Waals surface area (Å²) in [6.45, 7) is 8.74. The van der Waals surface area contributed by atoms with Crippen LogP contribution in [0.4, 0.5) is 0 Å². The zero-order valence-corrected chi connectivity index (χ0v) is 20.4. The molecular weight excluding hydrogens is 412 g/mol. The van der Waals surface area contributed by atoms with Crippen LogP contribution in [-0.2, 0) is 0 Å². The van der Waals surface area contributed by atoms with Crippen molar-refractivity contribution in [1.82, 2.24) is 4.90 Å². The fraction of sp³-hybridized carbons (Fsp3) is 0.875. The number of β-amino-alcohol motifs (C(OH)–C–C–N with tert-alkyl or cyclic N) is 1. The second-order valence-electron chi connectivity index (χ2n) is 8.08. The van der Waals surface area contributed by atoms with Crippen LogP contribution >= 0.6 is 0 Å². The van der Waals surface area contributed by atoms with E-state index in [4.69, 9.17) is 5.11 Å². The first-order valence-corrected chi connectivity index (χ1v) is 11.9. The minimum absolute atomic E-state index is 0. The minimum Gasteiger partial charge on any atom is -1.00 e. The molecule has 0 radical (unpaired) electrons. The maximum atomic E-state index is 9.16. The van der Waals surface area contributed by atoms with Gasteiger partial charge < -0.3 is 22.1 Å². The molecule has 0 saturated heterocycles. The lowest BCUT2D eigenvalue weighted by Gasteiger charge is -2.10. The Morgan fingerprint density at radius 3 is 1.96 bits per heavy atom. The van der Waals surface area contributed by atoms with Crippen LogP contribution in [0.25, 0.3) is 0 Å². The molecule has 3 nitrogen and oxygen atoms in total. The number of allylic oxidation sites excluding steroid dienone is 1. The first-order chi connectivity index (χ1) is 13.3. The number of aliphatic hydroxyl groups excluding tert-OH is 1. The van der Waals surface area contributed by atoms with E-state index in [0.29, 0.717) is 0 Å². The van der Waals surface area contributed by atoms with Crippen molar-refractivity contribution in [2.75, 3.05) is 32.8 Å². The molecule has 1 N–H and O–H groups in total. The molecule has 0 aromatic heterocycles. The van der Waals surface area contributed by atoms with Crippen molar-refractivity contribution in [3.05, 3.63) is 12.2 Å². The van der Waals surface area contributed by atoms with Gasteiger partial charge in [-0.25, -0.2) is 0 Å². The first kappa shape index (κ1) is 27.6. The number of amidine groups is 1. The zero-order valence-electron chi connectivity index (χ0n) is 18.8. The predicted octanol–water partition coefficient (Wildman–Crippen LogP) is 2.77. The number of nitrogens with zero attached hydrogens (tertiary/aromatic N) is 2. The molecule has 0 aliphatic carbocycles. The predicted molar refractivity (Wildman–Crippen MR) is 119 cm³/mol. The molecule has 0 fully saturated rings. The van der Waals surface area contributed by atoms with Gasteiger partial charge in [-0.3, -0.25) is 9.48 Å². The highest BCUT2D eigenvalue weighted by Crippen LogP contribution is 2.12. The Morgan fingerprint density at radius 1 is 0.857 bits per heavy atom. The summed E-state index contributed by atoms with van der Waals surface area (Å²) in [7, 11) is 0. The lowest BCUT2D eigenvalue weighted by molar-refractivity contribution is -0.508. The molecular formula is C24H47BrN2O. The standard InChI is InChI=1S/C24H47N2O.BrH/c1-3-5-6-7-8-9-10-11-12-13-14-15-16-17-18-19-25-20-21-26(22-23-27)24(25)4-2;/h17-18,27H,3-16,19-23H2,1-2H3;1H/q+1;/p-1. The van der Waals surface area contributed by atoms with Gasteiger partial charge in [0, 0.05) is 6.42 Å². The Labute approximate surface area is 186 Å². The summed E-state index contributed by atoms with van der Waals surface area (Å²) in [6.07, 6.45) is 24.1. The molecule has 1 rings (SSSR count). The van der Waals surface area contributed by atoms with Crippen LogP contribution in [0, 0.1) is 0 Å². The van der Waals surface area contributed by atoms with Crippen molar-refractivity contribution in [2.45, 2.75) is 104 Å². The van der Waals surface area contributed by atoms with E-state index in [1.165, 1.54) is 89.3 Å². The molecule has 1 heterocycles. The molecule has 0 saturated carbocycles. The van der Waals surface area contributed by atoms with Gasteiger partial charge in [-0.1, -0.05) is 90.6 Å². The molecule has 166 valence electrons. The van der Waals surface area contributed by atoms with Gasteiger partial charge in [0.25, 0.3) is 0 Å². The minimum atomic E-state index is 0. The van der Waals surface area contributed by atoms with Crippen molar-refractivity contribution >= 4 is 5.84 Å². The van der Waals surface area contributed by atoms with Crippen LogP contribution in [0.3, 0.4) is 0 Å². The smallest absolute Gasteiger partial charge is 0.247 e. The fourth-order valence-electron chi connectivity index (χ4n) is 4.13. The lowest BCUT2D eigenvalue weighted by atomic mass is 10.0. The number of hydrogen-bond donors (Lipinski definition) is 1. The monoisotopic (exact) mass is 458 g/mol. The summed E-state index contributed by atoms with van der Waals surface area (Å²) in [5.41, 5.74) is 0. The number of halogens is 1. The Kier molecular flexibility index (Phi) is 19.7. The Hall–Kier alpha value is -0.350. The largest absolute Gasteiger partial charge is 1.00 e. The van der Waals surface area contributed by atoms with Crippen molar-refractivity contribution in [3.8, 4) is 0 Å². The van der Waals surface area contributed by atoms with E-state index in [2.05, 4.69) is 35.5 Å². The molecule has 0 atom stereocenters. The highest BCUT2D eigenvalue weighted by atomic mass is 79.9. The Bertz CT molecular complexity index is 409. The van der Waals surface area contributed by atoms with E-state index < -0.39 is 0 Å². The second kappa shape index (κ2) is 19.9. The molecule has 0 aromatic rings. The topological polar surface area (TPSA) is 26.5 Å². The molecule has 0 aromatic carbocycles. The summed E-state index contributed by atoms with van der Waals surface area (Å²) in [6, 6.07) is 0. The zero-order chi connectivity index (χ0) is 19.6. The average Bonchev–Trinajstić information content (AvgIpc) is 3.06. The van der Waals surface area contributed by atoms with Crippen molar-refractivity contribution in [2.24, 2.45) is 0 Å². The summed E-state index contributed by atoms with van der Waals surface area (Å²) in [4.78, 5) is 2.33. The summed E-state index contributed by atoms with van der Waals surface area (Å²) in [5, 5.41) is 9.16. The molecule has 0 unspecified atom stereocenters. The van der Waals surface area contributed by atoms with Gasteiger partial charge in [-0.2, -0.15) is 0 Å². The highest BCUT2D eigenvalue weighted by molar-refractivity contribution is 5.78. The highest BCUT2D eigenvalue weighted by Gasteiger charge is 2.27. The third-order valence-electron chi connectivity index (χ3n) is 5.77. The van der Waals surface area contributed by atoms with Gasteiger partial charge in [0.1, 0.15) is 26.2 Å². The van der Waals surface area contributed by atoms with Crippen molar-refractivity contribution < 1.29 is 26.7 Å².